The third-order valence-corrected chi connectivity index (χ3v) is 4.74. The number of para-hydroxylation sites is 2. The second-order valence-corrected chi connectivity index (χ2v) is 6.65. The van der Waals surface area contributed by atoms with Crippen LogP contribution in [-0.2, 0) is 19.5 Å². The van der Waals surface area contributed by atoms with Crippen molar-refractivity contribution < 1.29 is 21.5 Å². The van der Waals surface area contributed by atoms with Crippen molar-refractivity contribution >= 4 is 11.0 Å². The molecule has 0 bridgehead atoms. The minimum absolute atomic E-state index is 0. The van der Waals surface area contributed by atoms with Crippen LogP contribution in [0, 0.1) is 6.92 Å². The molecule has 0 aliphatic carbocycles. The molecule has 3 aromatic carbocycles. The number of hydrogen-bond donors (Lipinski definition) is 0. The molecule has 0 atom stereocenters. The van der Waals surface area contributed by atoms with Gasteiger partial charge in [-0.05, 0) is 30.2 Å². The first-order valence-corrected chi connectivity index (χ1v) is 8.86. The number of aromatic nitrogens is 2. The van der Waals surface area contributed by atoms with Gasteiger partial charge in [-0.3, -0.25) is 0 Å². The van der Waals surface area contributed by atoms with Gasteiger partial charge in [-0.15, -0.1) is 0 Å². The fraction of sp³-hybridized carbons (Fsp3) is 0.174. The van der Waals surface area contributed by atoms with E-state index >= 15 is 0 Å². The summed E-state index contributed by atoms with van der Waals surface area (Å²) < 4.78 is 4.72. The van der Waals surface area contributed by atoms with E-state index in [4.69, 9.17) is 0 Å². The summed E-state index contributed by atoms with van der Waals surface area (Å²) in [4.78, 5) is 0. The second-order valence-electron chi connectivity index (χ2n) is 6.65. The van der Waals surface area contributed by atoms with Gasteiger partial charge in [-0.2, -0.15) is 0 Å². The Kier molecular flexibility index (Phi) is 5.89. The predicted molar refractivity (Wildman–Crippen MR) is 103 cm³/mol. The molecule has 3 heteroatoms. The summed E-state index contributed by atoms with van der Waals surface area (Å²) in [6, 6.07) is 28.2. The van der Waals surface area contributed by atoms with Crippen molar-refractivity contribution in [1.82, 2.24) is 4.57 Å². The molecule has 0 radical (unpaired) electrons. The molecule has 0 saturated heterocycles. The number of imidazole rings is 1. The lowest BCUT2D eigenvalue weighted by molar-refractivity contribution is -0.663. The first-order valence-electron chi connectivity index (χ1n) is 8.86. The van der Waals surface area contributed by atoms with Crippen LogP contribution in [0.1, 0.15) is 16.7 Å². The van der Waals surface area contributed by atoms with Gasteiger partial charge in [0.1, 0.15) is 6.54 Å². The zero-order valence-electron chi connectivity index (χ0n) is 15.0. The molecule has 132 valence electrons. The van der Waals surface area contributed by atoms with E-state index in [0.717, 1.165) is 19.5 Å². The highest BCUT2D eigenvalue weighted by molar-refractivity contribution is 5.71. The minimum atomic E-state index is 0. The van der Waals surface area contributed by atoms with Crippen LogP contribution < -0.4 is 21.5 Å². The number of halogens is 1. The fourth-order valence-corrected chi connectivity index (χ4v) is 3.33. The van der Waals surface area contributed by atoms with Gasteiger partial charge in [0.2, 0.25) is 6.33 Å². The maximum Gasteiger partial charge on any atom is 0.245 e. The molecule has 0 aliphatic rings. The maximum absolute atomic E-state index is 2.37. The highest BCUT2D eigenvalue weighted by Gasteiger charge is 2.15. The zero-order valence-corrected chi connectivity index (χ0v) is 16.6. The van der Waals surface area contributed by atoms with E-state index in [1.54, 1.807) is 0 Å². The molecule has 0 aliphatic heterocycles. The summed E-state index contributed by atoms with van der Waals surface area (Å²) in [6.45, 7) is 4.02. The fourth-order valence-electron chi connectivity index (χ4n) is 3.33. The second kappa shape index (κ2) is 8.33. The molecular weight excluding hydrogens is 384 g/mol. The summed E-state index contributed by atoms with van der Waals surface area (Å²) in [7, 11) is 0. The van der Waals surface area contributed by atoms with Crippen molar-refractivity contribution in [3.63, 3.8) is 0 Å². The lowest BCUT2D eigenvalue weighted by Crippen LogP contribution is -3.00. The predicted octanol–water partition coefficient (Wildman–Crippen LogP) is 1.53. The SMILES string of the molecule is Cc1ccc(C[n+]2cn(CCc3ccccc3)c3ccccc32)cc1.[Br-]. The van der Waals surface area contributed by atoms with Crippen LogP contribution in [0.15, 0.2) is 85.2 Å². The monoisotopic (exact) mass is 406 g/mol. The topological polar surface area (TPSA) is 8.81 Å². The molecule has 2 nitrogen and oxygen atoms in total. The first-order chi connectivity index (χ1) is 12.3. The van der Waals surface area contributed by atoms with Gasteiger partial charge >= 0.3 is 0 Å². The van der Waals surface area contributed by atoms with Crippen LogP contribution >= 0.6 is 0 Å². The number of fused-ring (bicyclic) bond motifs is 1. The molecule has 4 aromatic rings. The Labute approximate surface area is 165 Å². The van der Waals surface area contributed by atoms with E-state index in [-0.39, 0.29) is 17.0 Å². The number of benzene rings is 3. The van der Waals surface area contributed by atoms with Crippen molar-refractivity contribution in [2.24, 2.45) is 0 Å². The molecule has 0 unspecified atom stereocenters. The Morgan fingerprint density at radius 3 is 2.23 bits per heavy atom. The van der Waals surface area contributed by atoms with E-state index in [9.17, 15) is 0 Å². The van der Waals surface area contributed by atoms with Gasteiger partial charge in [-0.1, -0.05) is 72.3 Å². The van der Waals surface area contributed by atoms with Crippen molar-refractivity contribution in [3.05, 3.63) is 102 Å². The molecule has 1 heterocycles. The molecule has 0 fully saturated rings. The average Bonchev–Trinajstić information content (AvgIpc) is 3.01. The third kappa shape index (κ3) is 4.05. The highest BCUT2D eigenvalue weighted by Crippen LogP contribution is 2.13. The molecule has 0 saturated carbocycles. The third-order valence-electron chi connectivity index (χ3n) is 4.74. The Balaban J connectivity index is 0.00000196. The summed E-state index contributed by atoms with van der Waals surface area (Å²) >= 11 is 0. The minimum Gasteiger partial charge on any atom is -1.00 e. The number of nitrogens with zero attached hydrogens (tertiary/aromatic N) is 2. The summed E-state index contributed by atoms with van der Waals surface area (Å²) in [5.41, 5.74) is 6.60. The van der Waals surface area contributed by atoms with E-state index in [2.05, 4.69) is 101 Å². The van der Waals surface area contributed by atoms with E-state index in [0.29, 0.717) is 0 Å². The van der Waals surface area contributed by atoms with Gasteiger partial charge < -0.3 is 17.0 Å². The Bertz CT molecular complexity index is 972. The van der Waals surface area contributed by atoms with Crippen molar-refractivity contribution in [2.45, 2.75) is 26.4 Å². The largest absolute Gasteiger partial charge is 1.00 e. The normalized spacial score (nSPS) is 10.7. The van der Waals surface area contributed by atoms with Gasteiger partial charge in [-0.25, -0.2) is 9.13 Å². The summed E-state index contributed by atoms with van der Waals surface area (Å²) in [6.07, 6.45) is 3.30. The van der Waals surface area contributed by atoms with Gasteiger partial charge in [0, 0.05) is 6.42 Å². The average molecular weight is 407 g/mol. The van der Waals surface area contributed by atoms with Crippen LogP contribution in [0.5, 0.6) is 0 Å². The van der Waals surface area contributed by atoms with Crippen LogP contribution in [0.2, 0.25) is 0 Å². The van der Waals surface area contributed by atoms with Crippen molar-refractivity contribution in [1.29, 1.82) is 0 Å². The maximum atomic E-state index is 2.37. The Morgan fingerprint density at radius 2 is 1.46 bits per heavy atom. The molecule has 4 rings (SSSR count). The zero-order chi connectivity index (χ0) is 17.1. The standard InChI is InChI=1S/C23H23N2.BrH/c1-19-11-13-21(14-12-19)17-25-18-24(22-9-5-6-10-23(22)25)16-15-20-7-3-2-4-8-20;/h2-14,18H,15-17H2,1H3;1H/q+1;/p-1. The highest BCUT2D eigenvalue weighted by atomic mass is 79.9. The molecule has 0 spiro atoms. The van der Waals surface area contributed by atoms with E-state index < -0.39 is 0 Å². The number of rotatable bonds is 5. The van der Waals surface area contributed by atoms with Crippen LogP contribution in [0.3, 0.4) is 0 Å². The number of hydrogen-bond acceptors (Lipinski definition) is 0. The Hall–Kier alpha value is -2.39. The van der Waals surface area contributed by atoms with Crippen LogP contribution in [-0.4, -0.2) is 4.57 Å². The molecule has 0 amide bonds. The van der Waals surface area contributed by atoms with Crippen LogP contribution in [0.25, 0.3) is 11.0 Å². The quantitative estimate of drug-likeness (QED) is 0.444. The van der Waals surface area contributed by atoms with Crippen LogP contribution in [0.4, 0.5) is 0 Å². The van der Waals surface area contributed by atoms with E-state index in [1.807, 2.05) is 0 Å². The first kappa shape index (κ1) is 18.4. The van der Waals surface area contributed by atoms with Gasteiger partial charge in [0.15, 0.2) is 11.0 Å². The van der Waals surface area contributed by atoms with E-state index in [1.165, 1.54) is 27.7 Å². The summed E-state index contributed by atoms with van der Waals surface area (Å²) in [5.74, 6) is 0. The number of aryl methyl sites for hydroxylation is 3. The Morgan fingerprint density at radius 1 is 0.769 bits per heavy atom. The summed E-state index contributed by atoms with van der Waals surface area (Å²) in [5, 5.41) is 0. The van der Waals surface area contributed by atoms with Gasteiger partial charge in [0.25, 0.3) is 0 Å². The molecule has 1 aromatic heterocycles. The molecular formula is C23H23BrN2. The van der Waals surface area contributed by atoms with Gasteiger partial charge in [0.05, 0.1) is 6.54 Å². The van der Waals surface area contributed by atoms with Crippen molar-refractivity contribution in [3.8, 4) is 0 Å². The lowest BCUT2D eigenvalue weighted by atomic mass is 10.1. The lowest BCUT2D eigenvalue weighted by Gasteiger charge is -2.00. The smallest absolute Gasteiger partial charge is 0.245 e. The van der Waals surface area contributed by atoms with Crippen molar-refractivity contribution in [2.75, 3.05) is 0 Å². The molecule has 26 heavy (non-hydrogen) atoms. The molecule has 0 N–H and O–H groups in total.